The number of halogens is 1. The molecule has 0 atom stereocenters. The number of likely N-dealkylation sites (tertiary alicyclic amines) is 1. The maximum atomic E-state index is 6.29. The van der Waals surface area contributed by atoms with Crippen molar-refractivity contribution >= 4 is 17.2 Å². The van der Waals surface area contributed by atoms with Crippen molar-refractivity contribution in [3.8, 4) is 0 Å². The minimum atomic E-state index is 0.622. The van der Waals surface area contributed by atoms with Crippen molar-refractivity contribution in [3.05, 3.63) is 69.5 Å². The molecule has 3 heteroatoms. The van der Waals surface area contributed by atoms with Gasteiger partial charge in [-0.3, -0.25) is 4.98 Å². The standard InChI is InChI=1S/C22H25ClN2/c1-15(2)25-12-9-16(10-13-25)21-20-8-7-19(23)14-18(20)6-5-17-4-3-11-24-22(17)21/h3-4,7-8,11,14-15H,5-6,9-10,12-13H2,1-2H3. The fourth-order valence-electron chi connectivity index (χ4n) is 4.19. The van der Waals surface area contributed by atoms with Crippen LogP contribution in [0.1, 0.15) is 49.1 Å². The highest BCUT2D eigenvalue weighted by molar-refractivity contribution is 6.30. The molecular weight excluding hydrogens is 328 g/mol. The number of aromatic nitrogens is 1. The molecule has 2 aliphatic rings. The highest BCUT2D eigenvalue weighted by Crippen LogP contribution is 2.38. The van der Waals surface area contributed by atoms with Crippen LogP contribution < -0.4 is 0 Å². The summed E-state index contributed by atoms with van der Waals surface area (Å²) in [5, 5.41) is 0.830. The summed E-state index contributed by atoms with van der Waals surface area (Å²) >= 11 is 6.29. The summed E-state index contributed by atoms with van der Waals surface area (Å²) in [6, 6.07) is 11.3. The largest absolute Gasteiger partial charge is 0.300 e. The summed E-state index contributed by atoms with van der Waals surface area (Å²) in [4.78, 5) is 7.38. The first-order chi connectivity index (χ1) is 12.1. The van der Waals surface area contributed by atoms with Crippen LogP contribution in [0.3, 0.4) is 0 Å². The summed E-state index contributed by atoms with van der Waals surface area (Å²) in [5.74, 6) is 0. The number of benzene rings is 1. The van der Waals surface area contributed by atoms with E-state index >= 15 is 0 Å². The molecule has 4 rings (SSSR count). The van der Waals surface area contributed by atoms with Crippen molar-refractivity contribution in [3.63, 3.8) is 0 Å². The van der Waals surface area contributed by atoms with Gasteiger partial charge in [0.2, 0.25) is 0 Å². The Morgan fingerprint density at radius 2 is 1.76 bits per heavy atom. The summed E-state index contributed by atoms with van der Waals surface area (Å²) in [5.41, 5.74) is 8.19. The molecule has 2 nitrogen and oxygen atoms in total. The average molecular weight is 353 g/mol. The Morgan fingerprint density at radius 1 is 1.00 bits per heavy atom. The van der Waals surface area contributed by atoms with Crippen molar-refractivity contribution in [1.82, 2.24) is 9.88 Å². The minimum Gasteiger partial charge on any atom is -0.300 e. The van der Waals surface area contributed by atoms with Gasteiger partial charge in [0.25, 0.3) is 0 Å². The molecular formula is C22H25ClN2. The number of piperidine rings is 1. The third kappa shape index (κ3) is 3.26. The molecule has 1 saturated heterocycles. The van der Waals surface area contributed by atoms with Gasteiger partial charge in [-0.15, -0.1) is 0 Å². The molecule has 1 fully saturated rings. The van der Waals surface area contributed by atoms with E-state index in [9.17, 15) is 0 Å². The van der Waals surface area contributed by atoms with Crippen LogP contribution >= 0.6 is 11.6 Å². The normalized spacial score (nSPS) is 18.1. The van der Waals surface area contributed by atoms with Crippen molar-refractivity contribution in [2.75, 3.05) is 13.1 Å². The van der Waals surface area contributed by atoms with Gasteiger partial charge in [0.05, 0.1) is 5.69 Å². The first-order valence-corrected chi connectivity index (χ1v) is 9.70. The zero-order valence-electron chi connectivity index (χ0n) is 15.1. The van der Waals surface area contributed by atoms with Crippen LogP contribution in [0.2, 0.25) is 5.02 Å². The smallest absolute Gasteiger partial charge is 0.0739 e. The molecule has 0 saturated carbocycles. The van der Waals surface area contributed by atoms with E-state index in [1.165, 1.54) is 28.0 Å². The van der Waals surface area contributed by atoms with E-state index < -0.39 is 0 Å². The fraction of sp³-hybridized carbons (Fsp3) is 0.409. The van der Waals surface area contributed by atoms with E-state index in [1.807, 2.05) is 12.3 Å². The number of fused-ring (bicyclic) bond motifs is 2. The number of pyridine rings is 1. The molecule has 1 aromatic heterocycles. The van der Waals surface area contributed by atoms with Gasteiger partial charge >= 0.3 is 0 Å². The monoisotopic (exact) mass is 352 g/mol. The second-order valence-electron chi connectivity index (χ2n) is 7.42. The van der Waals surface area contributed by atoms with E-state index in [0.717, 1.165) is 43.8 Å². The third-order valence-electron chi connectivity index (χ3n) is 5.61. The van der Waals surface area contributed by atoms with Gasteiger partial charge in [0.1, 0.15) is 0 Å². The molecule has 0 spiro atoms. The van der Waals surface area contributed by atoms with Crippen LogP contribution in [0.4, 0.5) is 0 Å². The molecule has 1 aliphatic carbocycles. The lowest BCUT2D eigenvalue weighted by Gasteiger charge is -2.33. The van der Waals surface area contributed by atoms with Crippen LogP contribution in [0.15, 0.2) is 42.1 Å². The second-order valence-corrected chi connectivity index (χ2v) is 7.86. The van der Waals surface area contributed by atoms with Gasteiger partial charge in [0, 0.05) is 35.9 Å². The van der Waals surface area contributed by atoms with Crippen molar-refractivity contribution in [1.29, 1.82) is 0 Å². The summed E-state index contributed by atoms with van der Waals surface area (Å²) in [6.45, 7) is 6.86. The highest BCUT2D eigenvalue weighted by Gasteiger charge is 2.25. The van der Waals surface area contributed by atoms with Gasteiger partial charge < -0.3 is 4.90 Å². The maximum Gasteiger partial charge on any atom is 0.0739 e. The second kappa shape index (κ2) is 6.93. The molecule has 1 aliphatic heterocycles. The molecule has 0 unspecified atom stereocenters. The Labute approximate surface area is 155 Å². The predicted molar refractivity (Wildman–Crippen MR) is 105 cm³/mol. The highest BCUT2D eigenvalue weighted by atomic mass is 35.5. The third-order valence-corrected chi connectivity index (χ3v) is 5.85. The Kier molecular flexibility index (Phi) is 4.66. The van der Waals surface area contributed by atoms with E-state index in [4.69, 9.17) is 16.6 Å². The van der Waals surface area contributed by atoms with Crippen LogP contribution in [-0.4, -0.2) is 29.0 Å². The lowest BCUT2D eigenvalue weighted by atomic mass is 9.88. The number of rotatable bonds is 1. The van der Waals surface area contributed by atoms with Crippen LogP contribution in [0.5, 0.6) is 0 Å². The lowest BCUT2D eigenvalue weighted by molar-refractivity contribution is 0.208. The number of aryl methyl sites for hydroxylation is 2. The molecule has 25 heavy (non-hydrogen) atoms. The zero-order valence-corrected chi connectivity index (χ0v) is 15.8. The topological polar surface area (TPSA) is 16.1 Å². The Balaban J connectivity index is 1.85. The van der Waals surface area contributed by atoms with Crippen molar-refractivity contribution in [2.45, 2.75) is 45.6 Å². The van der Waals surface area contributed by atoms with Gasteiger partial charge in [-0.1, -0.05) is 29.3 Å². The van der Waals surface area contributed by atoms with Gasteiger partial charge in [0.15, 0.2) is 0 Å². The molecule has 0 N–H and O–H groups in total. The SMILES string of the molecule is CC(C)N1CCC(=C2c3ccc(Cl)cc3CCc3cccnc32)CC1. The molecule has 2 aromatic rings. The first-order valence-electron chi connectivity index (χ1n) is 9.32. The lowest BCUT2D eigenvalue weighted by Crippen LogP contribution is -2.36. The number of hydrogen-bond acceptors (Lipinski definition) is 2. The Morgan fingerprint density at radius 3 is 2.52 bits per heavy atom. The summed E-state index contributed by atoms with van der Waals surface area (Å²) < 4.78 is 0. The van der Waals surface area contributed by atoms with Crippen molar-refractivity contribution in [2.24, 2.45) is 0 Å². The average Bonchev–Trinajstić information content (AvgIpc) is 2.78. The maximum absolute atomic E-state index is 6.29. The molecule has 0 amide bonds. The summed E-state index contributed by atoms with van der Waals surface area (Å²) in [7, 11) is 0. The molecule has 0 radical (unpaired) electrons. The van der Waals surface area contributed by atoms with Gasteiger partial charge in [-0.25, -0.2) is 0 Å². The van der Waals surface area contributed by atoms with E-state index in [-0.39, 0.29) is 0 Å². The van der Waals surface area contributed by atoms with Crippen LogP contribution in [0.25, 0.3) is 5.57 Å². The molecule has 130 valence electrons. The van der Waals surface area contributed by atoms with Crippen LogP contribution in [-0.2, 0) is 12.8 Å². The van der Waals surface area contributed by atoms with E-state index in [0.29, 0.717) is 6.04 Å². The fourth-order valence-corrected chi connectivity index (χ4v) is 4.39. The minimum absolute atomic E-state index is 0.622. The van der Waals surface area contributed by atoms with E-state index in [2.05, 4.69) is 43.0 Å². The first kappa shape index (κ1) is 16.8. The molecule has 1 aromatic carbocycles. The Hall–Kier alpha value is -1.64. The number of nitrogens with zero attached hydrogens (tertiary/aromatic N) is 2. The summed E-state index contributed by atoms with van der Waals surface area (Å²) in [6.07, 6.45) is 6.26. The molecule has 0 bridgehead atoms. The number of hydrogen-bond donors (Lipinski definition) is 0. The Bertz CT molecular complexity index is 813. The van der Waals surface area contributed by atoms with Gasteiger partial charge in [-0.05, 0) is 74.4 Å². The quantitative estimate of drug-likeness (QED) is 0.706. The zero-order chi connectivity index (χ0) is 17.4. The predicted octanol–water partition coefficient (Wildman–Crippen LogP) is 5.14. The van der Waals surface area contributed by atoms with Crippen molar-refractivity contribution < 1.29 is 0 Å². The van der Waals surface area contributed by atoms with E-state index in [1.54, 1.807) is 5.57 Å². The van der Waals surface area contributed by atoms with Crippen LogP contribution in [0, 0.1) is 0 Å². The molecule has 2 heterocycles. The van der Waals surface area contributed by atoms with Gasteiger partial charge in [-0.2, -0.15) is 0 Å².